The Bertz CT molecular complexity index is 1070. The molecule has 0 fully saturated rings. The average Bonchev–Trinajstić information content (AvgIpc) is 2.93. The highest BCUT2D eigenvalue weighted by molar-refractivity contribution is 7.99. The van der Waals surface area contributed by atoms with E-state index in [1.807, 2.05) is 36.4 Å². The summed E-state index contributed by atoms with van der Waals surface area (Å²) < 4.78 is 6.40. The van der Waals surface area contributed by atoms with E-state index in [-0.39, 0.29) is 5.91 Å². The van der Waals surface area contributed by atoms with E-state index in [0.29, 0.717) is 16.7 Å². The van der Waals surface area contributed by atoms with Gasteiger partial charge in [0.2, 0.25) is 23.2 Å². The Kier molecular flexibility index (Phi) is 6.51. The van der Waals surface area contributed by atoms with Crippen molar-refractivity contribution >= 4 is 23.4 Å². The SMILES string of the molecule is CCCCSc1nnc2c(n1)OC(c1ccc(CC)cc1)N(C(C)=O)c1ccccc1-2. The van der Waals surface area contributed by atoms with Crippen LogP contribution in [-0.4, -0.2) is 26.8 Å². The number of unbranched alkanes of at least 4 members (excludes halogenated alkanes) is 1. The van der Waals surface area contributed by atoms with E-state index in [4.69, 9.17) is 4.74 Å². The standard InChI is InChI=1S/C24H26N4O2S/c1-4-6-15-31-24-25-22-21(26-27-24)19-9-7-8-10-20(19)28(16(3)29)23(30-22)18-13-11-17(5-2)12-14-18/h7-14,23H,4-6,15H2,1-3H3. The Morgan fingerprint density at radius 2 is 1.87 bits per heavy atom. The van der Waals surface area contributed by atoms with Gasteiger partial charge in [0.25, 0.3) is 0 Å². The second-order valence-corrected chi connectivity index (χ2v) is 8.48. The summed E-state index contributed by atoms with van der Waals surface area (Å²) in [7, 11) is 0. The molecule has 7 heteroatoms. The molecule has 0 spiro atoms. The lowest BCUT2D eigenvalue weighted by atomic mass is 10.1. The van der Waals surface area contributed by atoms with Gasteiger partial charge in [-0.15, -0.1) is 10.2 Å². The zero-order chi connectivity index (χ0) is 21.8. The summed E-state index contributed by atoms with van der Waals surface area (Å²) in [5.41, 5.74) is 4.18. The van der Waals surface area contributed by atoms with Crippen LogP contribution in [0.5, 0.6) is 5.88 Å². The van der Waals surface area contributed by atoms with Crippen LogP contribution in [0.2, 0.25) is 0 Å². The van der Waals surface area contributed by atoms with E-state index in [2.05, 4.69) is 41.2 Å². The summed E-state index contributed by atoms with van der Waals surface area (Å²) in [5.74, 6) is 1.21. The molecule has 4 rings (SSSR count). The maximum absolute atomic E-state index is 12.8. The van der Waals surface area contributed by atoms with Gasteiger partial charge in [-0.25, -0.2) is 0 Å². The lowest BCUT2D eigenvalue weighted by Crippen LogP contribution is -2.36. The normalized spacial score (nSPS) is 14.9. The van der Waals surface area contributed by atoms with Crippen molar-refractivity contribution in [2.45, 2.75) is 51.4 Å². The van der Waals surface area contributed by atoms with Crippen molar-refractivity contribution in [3.8, 4) is 17.1 Å². The number of fused-ring (bicyclic) bond motifs is 3. The molecule has 1 atom stereocenters. The van der Waals surface area contributed by atoms with Gasteiger partial charge in [-0.05, 0) is 24.5 Å². The molecule has 1 unspecified atom stereocenters. The number of para-hydroxylation sites is 1. The number of anilines is 1. The smallest absolute Gasteiger partial charge is 0.247 e. The topological polar surface area (TPSA) is 68.2 Å². The van der Waals surface area contributed by atoms with Crippen LogP contribution in [0.3, 0.4) is 0 Å². The monoisotopic (exact) mass is 434 g/mol. The van der Waals surface area contributed by atoms with Crippen molar-refractivity contribution in [3.05, 3.63) is 59.7 Å². The molecule has 0 saturated carbocycles. The second kappa shape index (κ2) is 9.47. The molecule has 0 bridgehead atoms. The molecule has 1 aliphatic heterocycles. The molecule has 0 N–H and O–H groups in total. The first-order chi connectivity index (χ1) is 15.1. The number of ether oxygens (including phenoxy) is 1. The minimum Gasteiger partial charge on any atom is -0.447 e. The van der Waals surface area contributed by atoms with Crippen LogP contribution < -0.4 is 9.64 Å². The van der Waals surface area contributed by atoms with Gasteiger partial charge >= 0.3 is 0 Å². The van der Waals surface area contributed by atoms with Gasteiger partial charge in [0.15, 0.2) is 5.69 Å². The van der Waals surface area contributed by atoms with Crippen LogP contribution in [-0.2, 0) is 11.2 Å². The molecule has 0 radical (unpaired) electrons. The molecular weight excluding hydrogens is 408 g/mol. The summed E-state index contributed by atoms with van der Waals surface area (Å²) in [6, 6.07) is 15.8. The largest absolute Gasteiger partial charge is 0.447 e. The van der Waals surface area contributed by atoms with E-state index < -0.39 is 6.23 Å². The van der Waals surface area contributed by atoms with Crippen molar-refractivity contribution in [1.82, 2.24) is 15.2 Å². The van der Waals surface area contributed by atoms with Gasteiger partial charge in [0.05, 0.1) is 5.69 Å². The van der Waals surface area contributed by atoms with Crippen molar-refractivity contribution < 1.29 is 9.53 Å². The van der Waals surface area contributed by atoms with E-state index in [9.17, 15) is 4.79 Å². The number of hydrogen-bond donors (Lipinski definition) is 0. The van der Waals surface area contributed by atoms with Gasteiger partial charge < -0.3 is 4.74 Å². The molecule has 2 aromatic carbocycles. The summed E-state index contributed by atoms with van der Waals surface area (Å²) in [6.07, 6.45) is 2.50. The quantitative estimate of drug-likeness (QED) is 0.380. The molecular formula is C24H26N4O2S. The number of thioether (sulfide) groups is 1. The molecule has 6 nitrogen and oxygen atoms in total. The minimum atomic E-state index is -0.643. The summed E-state index contributed by atoms with van der Waals surface area (Å²) in [6.45, 7) is 5.82. The van der Waals surface area contributed by atoms with E-state index in [0.717, 1.165) is 41.8 Å². The highest BCUT2D eigenvalue weighted by Crippen LogP contribution is 2.43. The number of aromatic nitrogens is 3. The minimum absolute atomic E-state index is 0.115. The van der Waals surface area contributed by atoms with Crippen LogP contribution in [0.4, 0.5) is 5.69 Å². The maximum atomic E-state index is 12.8. The molecule has 31 heavy (non-hydrogen) atoms. The van der Waals surface area contributed by atoms with Gasteiger partial charge in [0.1, 0.15) is 0 Å². The Morgan fingerprint density at radius 1 is 1.10 bits per heavy atom. The number of amides is 1. The third kappa shape index (κ3) is 4.42. The summed E-state index contributed by atoms with van der Waals surface area (Å²) in [5, 5.41) is 9.35. The van der Waals surface area contributed by atoms with Crippen LogP contribution in [0.1, 0.15) is 51.0 Å². The number of carbonyl (C=O) groups is 1. The Labute approximate surface area is 187 Å². The highest BCUT2D eigenvalue weighted by Gasteiger charge is 2.34. The first-order valence-electron chi connectivity index (χ1n) is 10.6. The predicted octanol–water partition coefficient (Wildman–Crippen LogP) is 5.44. The molecule has 0 aliphatic carbocycles. The van der Waals surface area contributed by atoms with Crippen molar-refractivity contribution in [2.24, 2.45) is 0 Å². The van der Waals surface area contributed by atoms with Crippen LogP contribution in [0.15, 0.2) is 53.7 Å². The maximum Gasteiger partial charge on any atom is 0.247 e. The van der Waals surface area contributed by atoms with Crippen LogP contribution in [0, 0.1) is 0 Å². The van der Waals surface area contributed by atoms with Gasteiger partial charge in [-0.2, -0.15) is 4.98 Å². The zero-order valence-electron chi connectivity index (χ0n) is 18.0. The third-order valence-electron chi connectivity index (χ3n) is 5.25. The lowest BCUT2D eigenvalue weighted by molar-refractivity contribution is -0.118. The third-order valence-corrected chi connectivity index (χ3v) is 6.18. The molecule has 160 valence electrons. The van der Waals surface area contributed by atoms with Crippen molar-refractivity contribution in [1.29, 1.82) is 0 Å². The van der Waals surface area contributed by atoms with E-state index in [1.54, 1.807) is 23.6 Å². The Morgan fingerprint density at radius 3 is 2.58 bits per heavy atom. The van der Waals surface area contributed by atoms with E-state index >= 15 is 0 Å². The number of aryl methyl sites for hydroxylation is 1. The van der Waals surface area contributed by atoms with E-state index in [1.165, 1.54) is 5.56 Å². The second-order valence-electron chi connectivity index (χ2n) is 7.42. The highest BCUT2D eigenvalue weighted by atomic mass is 32.2. The fourth-order valence-electron chi connectivity index (χ4n) is 3.56. The van der Waals surface area contributed by atoms with Crippen molar-refractivity contribution in [3.63, 3.8) is 0 Å². The first-order valence-corrected chi connectivity index (χ1v) is 11.6. The fourth-order valence-corrected chi connectivity index (χ4v) is 4.42. The Balaban J connectivity index is 1.83. The lowest BCUT2D eigenvalue weighted by Gasteiger charge is -2.30. The Hall–Kier alpha value is -2.93. The number of carbonyl (C=O) groups excluding carboxylic acids is 1. The molecule has 0 saturated heterocycles. The first kappa shape index (κ1) is 21.3. The van der Waals surface area contributed by atoms with Gasteiger partial charge in [0, 0.05) is 23.8 Å². The van der Waals surface area contributed by atoms with Crippen molar-refractivity contribution in [2.75, 3.05) is 10.7 Å². The molecule has 1 amide bonds. The number of benzene rings is 2. The zero-order valence-corrected chi connectivity index (χ0v) is 18.9. The predicted molar refractivity (Wildman–Crippen MR) is 123 cm³/mol. The molecule has 2 heterocycles. The summed E-state index contributed by atoms with van der Waals surface area (Å²) in [4.78, 5) is 19.1. The number of hydrogen-bond acceptors (Lipinski definition) is 6. The van der Waals surface area contributed by atoms with Crippen LogP contribution >= 0.6 is 11.8 Å². The van der Waals surface area contributed by atoms with Crippen LogP contribution in [0.25, 0.3) is 11.3 Å². The molecule has 1 aliphatic rings. The fraction of sp³-hybridized carbons (Fsp3) is 0.333. The number of rotatable bonds is 6. The molecule has 3 aromatic rings. The van der Waals surface area contributed by atoms with Gasteiger partial charge in [-0.1, -0.05) is 74.5 Å². The summed E-state index contributed by atoms with van der Waals surface area (Å²) >= 11 is 1.57. The number of nitrogens with zero attached hydrogens (tertiary/aromatic N) is 4. The average molecular weight is 435 g/mol. The molecule has 1 aromatic heterocycles. The van der Waals surface area contributed by atoms with Gasteiger partial charge in [-0.3, -0.25) is 9.69 Å².